The van der Waals surface area contributed by atoms with E-state index in [0.717, 1.165) is 6.07 Å². The van der Waals surface area contributed by atoms with Gasteiger partial charge in [0, 0.05) is 5.69 Å². The van der Waals surface area contributed by atoms with Gasteiger partial charge in [-0.2, -0.15) is 0 Å². The molecule has 4 nitrogen and oxygen atoms in total. The number of carbonyl (C=O) groups excluding carboxylic acids is 2. The molecule has 0 spiro atoms. The maximum absolute atomic E-state index is 13.4. The summed E-state index contributed by atoms with van der Waals surface area (Å²) < 4.78 is 18.5. The molecule has 2 rings (SSSR count). The van der Waals surface area contributed by atoms with Crippen molar-refractivity contribution >= 4 is 17.6 Å². The van der Waals surface area contributed by atoms with E-state index in [2.05, 4.69) is 5.32 Å². The minimum atomic E-state index is -0.989. The Labute approximate surface area is 127 Å². The van der Waals surface area contributed by atoms with Gasteiger partial charge >= 0.3 is 5.97 Å². The summed E-state index contributed by atoms with van der Waals surface area (Å²) in [6, 6.07) is 12.9. The third-order valence-corrected chi connectivity index (χ3v) is 3.10. The quantitative estimate of drug-likeness (QED) is 0.881. The van der Waals surface area contributed by atoms with Gasteiger partial charge in [-0.1, -0.05) is 24.3 Å². The number of rotatable bonds is 4. The first-order valence-electron chi connectivity index (χ1n) is 6.80. The third kappa shape index (κ3) is 3.91. The number of anilines is 1. The minimum Gasteiger partial charge on any atom is -0.449 e. The Balaban J connectivity index is 1.98. The number of ether oxygens (including phenoxy) is 1. The zero-order chi connectivity index (χ0) is 16.1. The molecule has 0 saturated carbocycles. The second-order valence-corrected chi connectivity index (χ2v) is 4.87. The minimum absolute atomic E-state index is 0.0717. The molecule has 5 heteroatoms. The summed E-state index contributed by atoms with van der Waals surface area (Å²) >= 11 is 0. The summed E-state index contributed by atoms with van der Waals surface area (Å²) in [5.74, 6) is -1.68. The van der Waals surface area contributed by atoms with Crippen LogP contribution >= 0.6 is 0 Å². The second kappa shape index (κ2) is 6.85. The van der Waals surface area contributed by atoms with Crippen molar-refractivity contribution in [2.75, 3.05) is 5.32 Å². The van der Waals surface area contributed by atoms with Crippen LogP contribution in [0.1, 0.15) is 22.8 Å². The van der Waals surface area contributed by atoms with Crippen molar-refractivity contribution in [3.05, 3.63) is 65.5 Å². The average molecular weight is 301 g/mol. The standard InChI is InChI=1S/C17H16FNO3/c1-11-8-9-13(10-15(11)18)17(21)22-12(2)16(20)19-14-6-4-3-5-7-14/h3-10,12H,1-2H3,(H,19,20). The highest BCUT2D eigenvalue weighted by Gasteiger charge is 2.19. The molecule has 1 unspecified atom stereocenters. The van der Waals surface area contributed by atoms with Gasteiger partial charge in [0.05, 0.1) is 5.56 Å². The summed E-state index contributed by atoms with van der Waals surface area (Å²) in [6.45, 7) is 3.06. The fourth-order valence-electron chi connectivity index (χ4n) is 1.77. The Kier molecular flexibility index (Phi) is 4.88. The van der Waals surface area contributed by atoms with Gasteiger partial charge in [0.15, 0.2) is 6.10 Å². The summed E-state index contributed by atoms with van der Waals surface area (Å²) in [5, 5.41) is 2.63. The Morgan fingerprint density at radius 1 is 1.14 bits per heavy atom. The lowest BCUT2D eigenvalue weighted by atomic mass is 10.1. The highest BCUT2D eigenvalue weighted by molar-refractivity contribution is 5.97. The van der Waals surface area contributed by atoms with Gasteiger partial charge in [0.1, 0.15) is 5.82 Å². The maximum atomic E-state index is 13.4. The molecular formula is C17H16FNO3. The van der Waals surface area contributed by atoms with Crippen molar-refractivity contribution in [2.24, 2.45) is 0 Å². The lowest BCUT2D eigenvalue weighted by Gasteiger charge is -2.13. The number of para-hydroxylation sites is 1. The van der Waals surface area contributed by atoms with E-state index in [1.54, 1.807) is 31.2 Å². The molecule has 1 atom stereocenters. The molecule has 0 aliphatic carbocycles. The first kappa shape index (κ1) is 15.7. The fraction of sp³-hybridized carbons (Fsp3) is 0.176. The number of benzene rings is 2. The summed E-state index contributed by atoms with van der Waals surface area (Å²) in [4.78, 5) is 23.8. The molecule has 0 aliphatic rings. The Morgan fingerprint density at radius 3 is 2.45 bits per heavy atom. The molecule has 2 aromatic rings. The van der Waals surface area contributed by atoms with E-state index >= 15 is 0 Å². The normalized spacial score (nSPS) is 11.6. The van der Waals surface area contributed by atoms with Crippen LogP contribution in [0, 0.1) is 12.7 Å². The largest absolute Gasteiger partial charge is 0.449 e. The van der Waals surface area contributed by atoms with E-state index in [0.29, 0.717) is 11.3 Å². The molecule has 1 N–H and O–H groups in total. The molecule has 0 fully saturated rings. The topological polar surface area (TPSA) is 55.4 Å². The van der Waals surface area contributed by atoms with Gasteiger partial charge in [-0.25, -0.2) is 9.18 Å². The zero-order valence-corrected chi connectivity index (χ0v) is 12.3. The van der Waals surface area contributed by atoms with Crippen LogP contribution in [0.3, 0.4) is 0 Å². The molecule has 22 heavy (non-hydrogen) atoms. The van der Waals surface area contributed by atoms with Crippen molar-refractivity contribution in [3.8, 4) is 0 Å². The second-order valence-electron chi connectivity index (χ2n) is 4.87. The van der Waals surface area contributed by atoms with Crippen LogP contribution in [0.15, 0.2) is 48.5 Å². The first-order chi connectivity index (χ1) is 10.5. The van der Waals surface area contributed by atoms with Gasteiger partial charge in [-0.05, 0) is 43.7 Å². The van der Waals surface area contributed by atoms with Crippen molar-refractivity contribution < 1.29 is 18.7 Å². The van der Waals surface area contributed by atoms with E-state index in [-0.39, 0.29) is 5.56 Å². The number of hydrogen-bond acceptors (Lipinski definition) is 3. The predicted molar refractivity (Wildman–Crippen MR) is 81.1 cm³/mol. The van der Waals surface area contributed by atoms with Crippen molar-refractivity contribution in [1.82, 2.24) is 0 Å². The lowest BCUT2D eigenvalue weighted by molar-refractivity contribution is -0.123. The van der Waals surface area contributed by atoms with E-state index in [1.165, 1.54) is 19.1 Å². The van der Waals surface area contributed by atoms with Crippen LogP contribution in [0.25, 0.3) is 0 Å². The van der Waals surface area contributed by atoms with E-state index < -0.39 is 23.8 Å². The first-order valence-corrected chi connectivity index (χ1v) is 6.80. The molecule has 0 aliphatic heterocycles. The van der Waals surface area contributed by atoms with E-state index in [1.807, 2.05) is 6.07 Å². The molecule has 0 bridgehead atoms. The Hall–Kier alpha value is -2.69. The number of carbonyl (C=O) groups is 2. The highest BCUT2D eigenvalue weighted by atomic mass is 19.1. The number of nitrogens with one attached hydrogen (secondary N) is 1. The summed E-state index contributed by atoms with van der Waals surface area (Å²) in [6.07, 6.45) is -0.989. The molecule has 0 aromatic heterocycles. The Morgan fingerprint density at radius 2 is 1.82 bits per heavy atom. The van der Waals surface area contributed by atoms with Crippen molar-refractivity contribution in [2.45, 2.75) is 20.0 Å². The predicted octanol–water partition coefficient (Wildman–Crippen LogP) is 3.32. The molecule has 0 radical (unpaired) electrons. The van der Waals surface area contributed by atoms with Crippen LogP contribution in [-0.2, 0) is 9.53 Å². The lowest BCUT2D eigenvalue weighted by Crippen LogP contribution is -2.30. The summed E-state index contributed by atoms with van der Waals surface area (Å²) in [5.41, 5.74) is 1.12. The molecular weight excluding hydrogens is 285 g/mol. The highest BCUT2D eigenvalue weighted by Crippen LogP contribution is 2.12. The number of halogens is 1. The van der Waals surface area contributed by atoms with Crippen LogP contribution in [0.2, 0.25) is 0 Å². The van der Waals surface area contributed by atoms with Gasteiger partial charge in [0.25, 0.3) is 5.91 Å². The smallest absolute Gasteiger partial charge is 0.339 e. The van der Waals surface area contributed by atoms with Crippen molar-refractivity contribution in [3.63, 3.8) is 0 Å². The molecule has 1 amide bonds. The Bertz CT molecular complexity index is 686. The maximum Gasteiger partial charge on any atom is 0.339 e. The van der Waals surface area contributed by atoms with Gasteiger partial charge in [-0.15, -0.1) is 0 Å². The molecule has 0 saturated heterocycles. The van der Waals surface area contributed by atoms with E-state index in [4.69, 9.17) is 4.74 Å². The van der Waals surface area contributed by atoms with Gasteiger partial charge < -0.3 is 10.1 Å². The fourth-order valence-corrected chi connectivity index (χ4v) is 1.77. The van der Waals surface area contributed by atoms with Gasteiger partial charge in [-0.3, -0.25) is 4.79 Å². The summed E-state index contributed by atoms with van der Waals surface area (Å²) in [7, 11) is 0. The van der Waals surface area contributed by atoms with Crippen LogP contribution < -0.4 is 5.32 Å². The SMILES string of the molecule is Cc1ccc(C(=O)OC(C)C(=O)Nc2ccccc2)cc1F. The van der Waals surface area contributed by atoms with E-state index in [9.17, 15) is 14.0 Å². The number of aryl methyl sites for hydroxylation is 1. The molecule has 0 heterocycles. The van der Waals surface area contributed by atoms with Gasteiger partial charge in [0.2, 0.25) is 0 Å². The molecule has 114 valence electrons. The molecule has 2 aromatic carbocycles. The number of hydrogen-bond donors (Lipinski definition) is 1. The van der Waals surface area contributed by atoms with Crippen molar-refractivity contribution in [1.29, 1.82) is 0 Å². The van der Waals surface area contributed by atoms with Crippen LogP contribution in [-0.4, -0.2) is 18.0 Å². The monoisotopic (exact) mass is 301 g/mol. The zero-order valence-electron chi connectivity index (χ0n) is 12.3. The van der Waals surface area contributed by atoms with Crippen LogP contribution in [0.5, 0.6) is 0 Å². The number of amides is 1. The van der Waals surface area contributed by atoms with Crippen LogP contribution in [0.4, 0.5) is 10.1 Å². The number of esters is 1. The average Bonchev–Trinajstić information content (AvgIpc) is 2.50. The third-order valence-electron chi connectivity index (χ3n) is 3.10.